The van der Waals surface area contributed by atoms with Gasteiger partial charge in [0.25, 0.3) is 0 Å². The number of alkyl halides is 3. The van der Waals surface area contributed by atoms with E-state index in [0.717, 1.165) is 21.5 Å². The topological polar surface area (TPSA) is 114 Å². The monoisotopic (exact) mass is 584 g/mol. The van der Waals surface area contributed by atoms with Crippen molar-refractivity contribution >= 4 is 29.1 Å². The van der Waals surface area contributed by atoms with E-state index in [2.05, 4.69) is 4.90 Å². The fraction of sp³-hybridized carbons (Fsp3) is 0.519. The number of piperazine rings is 1. The van der Waals surface area contributed by atoms with Crippen LogP contribution in [0.25, 0.3) is 0 Å². The molecule has 0 aromatic heterocycles. The maximum Gasteiger partial charge on any atom is 0.416 e. The molecule has 0 unspecified atom stereocenters. The van der Waals surface area contributed by atoms with Gasteiger partial charge in [-0.15, -0.1) is 0 Å². The first-order chi connectivity index (χ1) is 18.9. The van der Waals surface area contributed by atoms with Gasteiger partial charge in [-0.25, -0.2) is 4.79 Å². The number of nitrogens with zero attached hydrogens (tertiary/aromatic N) is 3. The van der Waals surface area contributed by atoms with Crippen LogP contribution in [-0.2, 0) is 15.7 Å². The Balaban J connectivity index is 1.23. The van der Waals surface area contributed by atoms with Gasteiger partial charge in [0.05, 0.1) is 37.1 Å². The second-order valence-corrected chi connectivity index (χ2v) is 11.9. The third-order valence-electron chi connectivity index (χ3n) is 8.11. The Morgan fingerprint density at radius 1 is 1.00 bits per heavy atom. The quantitative estimate of drug-likeness (QED) is 0.380. The summed E-state index contributed by atoms with van der Waals surface area (Å²) >= 11 is 1.46. The highest BCUT2D eigenvalue weighted by Gasteiger charge is 2.54. The number of halogens is 3. The van der Waals surface area contributed by atoms with Gasteiger partial charge >= 0.3 is 12.1 Å². The summed E-state index contributed by atoms with van der Waals surface area (Å²) < 4.78 is 46.2. The number of aliphatic carboxylic acids is 1. The number of fused-ring (bicyclic) bond motifs is 2. The van der Waals surface area contributed by atoms with Crippen molar-refractivity contribution in [3.63, 3.8) is 0 Å². The van der Waals surface area contributed by atoms with Gasteiger partial charge in [-0.05, 0) is 36.8 Å². The van der Waals surface area contributed by atoms with E-state index in [1.165, 1.54) is 23.9 Å². The van der Waals surface area contributed by atoms with Crippen molar-refractivity contribution in [1.29, 1.82) is 0 Å². The molecule has 218 valence electrons. The van der Waals surface area contributed by atoms with Crippen LogP contribution >= 0.6 is 11.8 Å². The number of hydrogen-bond acceptors (Lipinski definition) is 8. The molecule has 0 amide bonds. The van der Waals surface area contributed by atoms with E-state index in [1.54, 1.807) is 0 Å². The van der Waals surface area contributed by atoms with E-state index in [0.29, 0.717) is 51.4 Å². The van der Waals surface area contributed by atoms with E-state index < -0.39 is 48.4 Å². The van der Waals surface area contributed by atoms with Crippen molar-refractivity contribution < 1.29 is 47.6 Å². The molecular formula is C27H33F3N3O6S+. The second kappa shape index (κ2) is 11.1. The van der Waals surface area contributed by atoms with Crippen molar-refractivity contribution in [2.45, 2.75) is 53.0 Å². The molecule has 40 heavy (non-hydrogen) atoms. The third kappa shape index (κ3) is 5.56. The average Bonchev–Trinajstić information content (AvgIpc) is 2.91. The number of carboxylic acids is 1. The number of aliphatic hydroxyl groups excluding tert-OH is 3. The largest absolute Gasteiger partial charge is 0.479 e. The summed E-state index contributed by atoms with van der Waals surface area (Å²) in [5.41, 5.74) is 0.733. The van der Waals surface area contributed by atoms with Crippen LogP contribution in [0.3, 0.4) is 0 Å². The molecule has 0 aliphatic carbocycles. The van der Waals surface area contributed by atoms with Crippen molar-refractivity contribution in [2.24, 2.45) is 0 Å². The van der Waals surface area contributed by atoms with Crippen molar-refractivity contribution in [3.8, 4) is 0 Å². The highest BCUT2D eigenvalue weighted by Crippen LogP contribution is 2.49. The lowest BCUT2D eigenvalue weighted by Gasteiger charge is -2.51. The van der Waals surface area contributed by atoms with Crippen molar-refractivity contribution in [1.82, 2.24) is 4.90 Å². The zero-order valence-electron chi connectivity index (χ0n) is 21.9. The van der Waals surface area contributed by atoms with Gasteiger partial charge in [-0.1, -0.05) is 23.9 Å². The summed E-state index contributed by atoms with van der Waals surface area (Å²) in [6.07, 6.45) is -11.2. The number of carbonyl (C=O) groups is 1. The smallest absolute Gasteiger partial charge is 0.416 e. The molecule has 3 heterocycles. The number of para-hydroxylation sites is 1. The Hall–Kier alpha value is -2.39. The first-order valence-electron chi connectivity index (χ1n) is 13.1. The number of anilines is 2. The molecule has 4 N–H and O–H groups in total. The molecule has 0 spiro atoms. The second-order valence-electron chi connectivity index (χ2n) is 10.8. The van der Waals surface area contributed by atoms with Gasteiger partial charge in [0, 0.05) is 36.0 Å². The Labute approximate surface area is 234 Å². The zero-order valence-corrected chi connectivity index (χ0v) is 22.7. The van der Waals surface area contributed by atoms with Crippen molar-refractivity contribution in [2.75, 3.05) is 51.2 Å². The maximum atomic E-state index is 13.5. The molecule has 13 heteroatoms. The predicted molar refractivity (Wildman–Crippen MR) is 140 cm³/mol. The summed E-state index contributed by atoms with van der Waals surface area (Å²) in [4.78, 5) is 17.4. The standard InChI is InChI=1S/C27H32F3N3O6S/c1-33(25-23(36)21(34)22(35)24(39-25)26(37)38)13-11-31(12-14-33)9-4-10-32-17-5-2-3-6-19(17)40-20-8-7-16(15-18(20)32)27(28,29)30/h2-3,5-8,15,21-25,34-36H,4,9-14H2,1H3/p+1/t21-,22-,23+,24-,25+/m0/s1. The molecule has 2 fully saturated rings. The molecule has 9 nitrogen and oxygen atoms in total. The molecule has 5 rings (SSSR count). The lowest BCUT2D eigenvalue weighted by molar-refractivity contribution is -0.964. The van der Waals surface area contributed by atoms with Crippen LogP contribution in [0.1, 0.15) is 12.0 Å². The number of ether oxygens (including phenoxy) is 1. The van der Waals surface area contributed by atoms with Crippen LogP contribution in [-0.4, -0.2) is 113 Å². The van der Waals surface area contributed by atoms with Crippen LogP contribution in [0, 0.1) is 0 Å². The van der Waals surface area contributed by atoms with E-state index in [-0.39, 0.29) is 4.48 Å². The molecule has 2 aromatic rings. The number of rotatable bonds is 6. The minimum atomic E-state index is -4.44. The van der Waals surface area contributed by atoms with Crippen LogP contribution in [0.4, 0.5) is 24.5 Å². The lowest BCUT2D eigenvalue weighted by Crippen LogP contribution is -2.72. The number of benzene rings is 2. The number of carboxylic acid groups (broad SMARTS) is 1. The Morgan fingerprint density at radius 2 is 1.68 bits per heavy atom. The van der Waals surface area contributed by atoms with Crippen LogP contribution in [0.15, 0.2) is 52.3 Å². The minimum Gasteiger partial charge on any atom is -0.479 e. The molecule has 5 atom stereocenters. The first-order valence-corrected chi connectivity index (χ1v) is 14.0. The fourth-order valence-corrected chi connectivity index (χ4v) is 6.80. The molecule has 3 aliphatic rings. The number of aliphatic hydroxyl groups is 3. The fourth-order valence-electron chi connectivity index (χ4n) is 5.72. The Morgan fingerprint density at radius 3 is 2.35 bits per heavy atom. The highest BCUT2D eigenvalue weighted by molar-refractivity contribution is 7.99. The Kier molecular flexibility index (Phi) is 8.09. The molecule has 0 bridgehead atoms. The molecule has 0 radical (unpaired) electrons. The number of hydrogen-bond donors (Lipinski definition) is 4. The summed E-state index contributed by atoms with van der Waals surface area (Å²) in [6.45, 7) is 3.45. The SMILES string of the molecule is C[N+]1([C@@H]2O[C@H](C(=O)O)[C@@H](O)[C@H](O)[C@H]2O)CCN(CCCN2c3ccccc3Sc3ccc(C(F)(F)F)cc32)CC1. The van der Waals surface area contributed by atoms with Gasteiger partial charge in [0.2, 0.25) is 6.23 Å². The van der Waals surface area contributed by atoms with Gasteiger partial charge < -0.3 is 30.1 Å². The lowest BCUT2D eigenvalue weighted by atomic mass is 9.96. The van der Waals surface area contributed by atoms with Crippen LogP contribution < -0.4 is 4.90 Å². The Bertz CT molecular complexity index is 1240. The summed E-state index contributed by atoms with van der Waals surface area (Å²) in [5, 5.41) is 40.2. The minimum absolute atomic E-state index is 0.176. The molecular weight excluding hydrogens is 551 g/mol. The van der Waals surface area contributed by atoms with E-state index >= 15 is 0 Å². The zero-order chi connectivity index (χ0) is 28.8. The van der Waals surface area contributed by atoms with Crippen LogP contribution in [0.5, 0.6) is 0 Å². The molecule has 0 saturated carbocycles. The van der Waals surface area contributed by atoms with Gasteiger partial charge in [0.1, 0.15) is 12.2 Å². The maximum absolute atomic E-state index is 13.5. The van der Waals surface area contributed by atoms with Gasteiger partial charge in [0.15, 0.2) is 12.2 Å². The molecule has 3 aliphatic heterocycles. The van der Waals surface area contributed by atoms with Crippen molar-refractivity contribution in [3.05, 3.63) is 48.0 Å². The molecule has 2 saturated heterocycles. The highest BCUT2D eigenvalue weighted by atomic mass is 32.2. The normalized spacial score (nSPS) is 28.6. The van der Waals surface area contributed by atoms with Gasteiger partial charge in [-0.3, -0.25) is 9.38 Å². The van der Waals surface area contributed by atoms with Crippen LogP contribution in [0.2, 0.25) is 0 Å². The molecule has 2 aromatic carbocycles. The summed E-state index contributed by atoms with van der Waals surface area (Å²) in [5.74, 6) is -1.41. The third-order valence-corrected chi connectivity index (χ3v) is 9.24. The van der Waals surface area contributed by atoms with Gasteiger partial charge in [-0.2, -0.15) is 13.2 Å². The average molecular weight is 585 g/mol. The summed E-state index contributed by atoms with van der Waals surface area (Å²) in [7, 11) is 1.83. The number of quaternary nitrogens is 1. The number of likely N-dealkylation sites (N-methyl/N-ethyl adjacent to an activating group) is 1. The van der Waals surface area contributed by atoms with E-state index in [4.69, 9.17) is 4.74 Å². The predicted octanol–water partition coefficient (Wildman–Crippen LogP) is 2.35. The van der Waals surface area contributed by atoms with E-state index in [1.807, 2.05) is 36.2 Å². The first kappa shape index (κ1) is 29.1. The van der Waals surface area contributed by atoms with E-state index in [9.17, 15) is 38.4 Å². The summed E-state index contributed by atoms with van der Waals surface area (Å²) in [6, 6.07) is 11.5.